The van der Waals surface area contributed by atoms with Crippen molar-refractivity contribution < 1.29 is 18.7 Å². The number of para-hydroxylation sites is 1. The Balaban J connectivity index is 1.63. The smallest absolute Gasteiger partial charge is 0.351 e. The summed E-state index contributed by atoms with van der Waals surface area (Å²) in [5, 5.41) is 1.20. The summed E-state index contributed by atoms with van der Waals surface area (Å²) in [6.07, 6.45) is 0. The molecule has 0 atom stereocenters. The number of benzene rings is 2. The van der Waals surface area contributed by atoms with Gasteiger partial charge in [0.15, 0.2) is 6.61 Å². The molecule has 0 aliphatic rings. The number of carbonyl (C=O) groups is 2. The summed E-state index contributed by atoms with van der Waals surface area (Å²) in [4.78, 5) is 37.7. The lowest BCUT2D eigenvalue weighted by Gasteiger charge is -2.17. The van der Waals surface area contributed by atoms with E-state index < -0.39 is 24.1 Å². The summed E-state index contributed by atoms with van der Waals surface area (Å²) >= 11 is 5.83. The van der Waals surface area contributed by atoms with Crippen molar-refractivity contribution >= 4 is 34.4 Å². The van der Waals surface area contributed by atoms with Gasteiger partial charge in [-0.15, -0.1) is 0 Å². The van der Waals surface area contributed by atoms with Crippen molar-refractivity contribution in [3.05, 3.63) is 81.2 Å². The first-order valence-corrected chi connectivity index (χ1v) is 8.50. The standard InChI is InChI=1S/C20H16ClNO5/c1-22(11-13-6-8-15(21)9-7-13)18(23)12-26-19(24)16-10-14-4-2-3-5-17(14)27-20(16)25/h2-10H,11-12H2,1H3. The molecule has 1 amide bonds. The second-order valence-corrected chi connectivity index (χ2v) is 6.37. The van der Waals surface area contributed by atoms with E-state index in [4.69, 9.17) is 20.8 Å². The topological polar surface area (TPSA) is 76.8 Å². The molecule has 0 spiro atoms. The van der Waals surface area contributed by atoms with E-state index in [1.165, 1.54) is 11.0 Å². The molecule has 1 aromatic heterocycles. The first-order valence-electron chi connectivity index (χ1n) is 8.12. The Hall–Kier alpha value is -3.12. The van der Waals surface area contributed by atoms with E-state index >= 15 is 0 Å². The monoisotopic (exact) mass is 385 g/mol. The Morgan fingerprint density at radius 2 is 1.81 bits per heavy atom. The predicted octanol–water partition coefficient (Wildman–Crippen LogP) is 3.26. The minimum atomic E-state index is -0.900. The highest BCUT2D eigenvalue weighted by molar-refractivity contribution is 6.30. The highest BCUT2D eigenvalue weighted by Crippen LogP contribution is 2.13. The second-order valence-electron chi connectivity index (χ2n) is 5.94. The molecule has 3 aromatic rings. The van der Waals surface area contributed by atoms with Gasteiger partial charge in [0.25, 0.3) is 5.91 Å². The Kier molecular flexibility index (Phi) is 5.57. The number of carbonyl (C=O) groups excluding carboxylic acids is 2. The van der Waals surface area contributed by atoms with Gasteiger partial charge in [-0.25, -0.2) is 9.59 Å². The molecule has 1 heterocycles. The van der Waals surface area contributed by atoms with E-state index in [2.05, 4.69) is 0 Å². The van der Waals surface area contributed by atoms with E-state index in [0.29, 0.717) is 22.5 Å². The minimum Gasteiger partial charge on any atom is -0.452 e. The summed E-state index contributed by atoms with van der Waals surface area (Å²) in [6.45, 7) is -0.138. The molecule has 2 aromatic carbocycles. The highest BCUT2D eigenvalue weighted by Gasteiger charge is 2.18. The number of rotatable bonds is 5. The Morgan fingerprint density at radius 3 is 2.56 bits per heavy atom. The van der Waals surface area contributed by atoms with Gasteiger partial charge >= 0.3 is 11.6 Å². The first-order chi connectivity index (χ1) is 12.9. The predicted molar refractivity (Wildman–Crippen MR) is 101 cm³/mol. The molecule has 0 bridgehead atoms. The maximum absolute atomic E-state index is 12.2. The van der Waals surface area contributed by atoms with Gasteiger partial charge in [0.2, 0.25) is 0 Å². The van der Waals surface area contributed by atoms with Gasteiger partial charge in [0.1, 0.15) is 11.1 Å². The summed E-state index contributed by atoms with van der Waals surface area (Å²) in [6, 6.07) is 15.3. The van der Waals surface area contributed by atoms with Gasteiger partial charge in [-0.1, -0.05) is 41.9 Å². The number of nitrogens with zero attached hydrogens (tertiary/aromatic N) is 1. The third-order valence-electron chi connectivity index (χ3n) is 3.95. The van der Waals surface area contributed by atoms with Crippen molar-refractivity contribution in [2.75, 3.05) is 13.7 Å². The summed E-state index contributed by atoms with van der Waals surface area (Å²) < 4.78 is 10.1. The maximum atomic E-state index is 12.2. The van der Waals surface area contributed by atoms with Gasteiger partial charge in [0, 0.05) is 24.0 Å². The van der Waals surface area contributed by atoms with E-state index in [1.807, 2.05) is 0 Å². The van der Waals surface area contributed by atoms with Crippen molar-refractivity contribution in [3.63, 3.8) is 0 Å². The van der Waals surface area contributed by atoms with Crippen molar-refractivity contribution in [2.24, 2.45) is 0 Å². The average Bonchev–Trinajstić information content (AvgIpc) is 2.67. The number of amides is 1. The molecule has 0 fully saturated rings. The quantitative estimate of drug-likeness (QED) is 0.497. The number of hydrogen-bond donors (Lipinski definition) is 0. The van der Waals surface area contributed by atoms with Crippen LogP contribution in [0.4, 0.5) is 0 Å². The van der Waals surface area contributed by atoms with Crippen LogP contribution < -0.4 is 5.63 Å². The zero-order chi connectivity index (χ0) is 19.4. The highest BCUT2D eigenvalue weighted by atomic mass is 35.5. The van der Waals surface area contributed by atoms with Crippen LogP contribution in [0.15, 0.2) is 63.8 Å². The molecule has 27 heavy (non-hydrogen) atoms. The van der Waals surface area contributed by atoms with Crippen LogP contribution in [0, 0.1) is 0 Å². The molecule has 6 nitrogen and oxygen atoms in total. The lowest BCUT2D eigenvalue weighted by atomic mass is 10.2. The average molecular weight is 386 g/mol. The normalized spacial score (nSPS) is 10.6. The molecule has 0 radical (unpaired) electrons. The molecule has 0 aliphatic carbocycles. The molecule has 0 saturated carbocycles. The first kappa shape index (κ1) is 18.7. The van der Waals surface area contributed by atoms with Crippen LogP contribution >= 0.6 is 11.6 Å². The van der Waals surface area contributed by atoms with E-state index in [0.717, 1.165) is 5.56 Å². The summed E-state index contributed by atoms with van der Waals surface area (Å²) in [5.41, 5.74) is 0.206. The Morgan fingerprint density at radius 1 is 1.11 bits per heavy atom. The van der Waals surface area contributed by atoms with Crippen LogP contribution in [0.5, 0.6) is 0 Å². The molecule has 0 aliphatic heterocycles. The SMILES string of the molecule is CN(Cc1ccc(Cl)cc1)C(=O)COC(=O)c1cc2ccccc2oc1=O. The van der Waals surface area contributed by atoms with Crippen molar-refractivity contribution in [2.45, 2.75) is 6.54 Å². The van der Waals surface area contributed by atoms with Gasteiger partial charge in [0.05, 0.1) is 0 Å². The maximum Gasteiger partial charge on any atom is 0.351 e. The number of halogens is 1. The minimum absolute atomic E-state index is 0.248. The molecule has 0 unspecified atom stereocenters. The van der Waals surface area contributed by atoms with Crippen molar-refractivity contribution in [1.82, 2.24) is 4.90 Å². The van der Waals surface area contributed by atoms with Crippen LogP contribution in [0.2, 0.25) is 5.02 Å². The van der Waals surface area contributed by atoms with Crippen LogP contribution in [-0.2, 0) is 16.1 Å². The zero-order valence-electron chi connectivity index (χ0n) is 14.5. The van der Waals surface area contributed by atoms with Crippen LogP contribution in [-0.4, -0.2) is 30.4 Å². The number of esters is 1. The van der Waals surface area contributed by atoms with Crippen LogP contribution in [0.1, 0.15) is 15.9 Å². The van der Waals surface area contributed by atoms with E-state index in [1.54, 1.807) is 55.6 Å². The molecular formula is C20H16ClNO5. The van der Waals surface area contributed by atoms with Gasteiger partial charge < -0.3 is 14.1 Å². The molecule has 0 saturated heterocycles. The fourth-order valence-corrected chi connectivity index (χ4v) is 2.60. The number of ether oxygens (including phenoxy) is 1. The number of fused-ring (bicyclic) bond motifs is 1. The fraction of sp³-hybridized carbons (Fsp3) is 0.150. The van der Waals surface area contributed by atoms with Crippen LogP contribution in [0.3, 0.4) is 0 Å². The second kappa shape index (κ2) is 8.05. The lowest BCUT2D eigenvalue weighted by Crippen LogP contribution is -2.31. The van der Waals surface area contributed by atoms with Gasteiger partial charge in [-0.3, -0.25) is 4.79 Å². The number of likely N-dealkylation sites (N-methyl/N-ethyl adjacent to an activating group) is 1. The van der Waals surface area contributed by atoms with Crippen molar-refractivity contribution in [3.8, 4) is 0 Å². The Labute approximate surface area is 159 Å². The fourth-order valence-electron chi connectivity index (χ4n) is 2.47. The van der Waals surface area contributed by atoms with Crippen molar-refractivity contribution in [1.29, 1.82) is 0 Å². The zero-order valence-corrected chi connectivity index (χ0v) is 15.2. The Bertz CT molecular complexity index is 1040. The largest absolute Gasteiger partial charge is 0.452 e. The third-order valence-corrected chi connectivity index (χ3v) is 4.20. The summed E-state index contributed by atoms with van der Waals surface area (Å²) in [7, 11) is 1.59. The molecule has 3 rings (SSSR count). The van der Waals surface area contributed by atoms with Gasteiger partial charge in [-0.2, -0.15) is 0 Å². The molecule has 138 valence electrons. The third kappa shape index (κ3) is 4.54. The van der Waals surface area contributed by atoms with E-state index in [9.17, 15) is 14.4 Å². The molecular weight excluding hydrogens is 370 g/mol. The van der Waals surface area contributed by atoms with E-state index in [-0.39, 0.29) is 5.56 Å². The van der Waals surface area contributed by atoms with Gasteiger partial charge in [-0.05, 0) is 29.8 Å². The number of hydrogen-bond acceptors (Lipinski definition) is 5. The lowest BCUT2D eigenvalue weighted by molar-refractivity contribution is -0.133. The summed E-state index contributed by atoms with van der Waals surface area (Å²) in [5.74, 6) is -1.30. The van der Waals surface area contributed by atoms with Crippen LogP contribution in [0.25, 0.3) is 11.0 Å². The molecule has 7 heteroatoms. The molecule has 0 N–H and O–H groups in total.